The van der Waals surface area contributed by atoms with Gasteiger partial charge in [0.1, 0.15) is 0 Å². The molecule has 0 saturated heterocycles. The zero-order chi connectivity index (χ0) is 17.4. The van der Waals surface area contributed by atoms with Crippen LogP contribution >= 0.6 is 7.82 Å². The summed E-state index contributed by atoms with van der Waals surface area (Å²) in [7, 11) is -3.98. The molecule has 2 rings (SSSR count). The molecule has 2 saturated carbocycles. The Labute approximate surface area is 142 Å². The minimum Gasteiger partial charge on any atom is -0.302 e. The van der Waals surface area contributed by atoms with Gasteiger partial charge in [0.2, 0.25) is 0 Å². The van der Waals surface area contributed by atoms with Crippen molar-refractivity contribution in [1.29, 1.82) is 0 Å². The highest BCUT2D eigenvalue weighted by Gasteiger charge is 2.39. The van der Waals surface area contributed by atoms with Crippen LogP contribution in [0.4, 0.5) is 0 Å². The third kappa shape index (κ3) is 5.04. The minimum atomic E-state index is -3.98. The molecule has 4 nitrogen and oxygen atoms in total. The van der Waals surface area contributed by atoms with Gasteiger partial charge in [-0.2, -0.15) is 0 Å². The fourth-order valence-corrected chi connectivity index (χ4v) is 5.55. The molecular weight excluding hydrogens is 311 g/mol. The number of phosphoric acid groups is 1. The maximum absolute atomic E-state index is 12.5. The molecule has 2 aliphatic rings. The fraction of sp³-hybridized carbons (Fsp3) is 1.00. The highest BCUT2D eigenvalue weighted by molar-refractivity contribution is 7.47. The van der Waals surface area contributed by atoms with E-state index in [2.05, 4.69) is 41.5 Å². The molecule has 0 bridgehead atoms. The second-order valence-corrected chi connectivity index (χ2v) is 9.85. The summed E-state index contributed by atoms with van der Waals surface area (Å²) in [6, 6.07) is 0. The molecule has 2 fully saturated rings. The van der Waals surface area contributed by atoms with E-state index in [4.69, 9.17) is 9.05 Å². The Morgan fingerprint density at radius 1 is 0.696 bits per heavy atom. The normalized spacial score (nSPS) is 48.0. The van der Waals surface area contributed by atoms with E-state index in [-0.39, 0.29) is 12.2 Å². The molecular formula is C18H35O4P. The van der Waals surface area contributed by atoms with Gasteiger partial charge in [-0.05, 0) is 61.2 Å². The van der Waals surface area contributed by atoms with Gasteiger partial charge in [-0.25, -0.2) is 4.57 Å². The average molecular weight is 346 g/mol. The van der Waals surface area contributed by atoms with E-state index in [0.717, 1.165) is 25.7 Å². The first-order valence-corrected chi connectivity index (χ1v) is 10.8. The first kappa shape index (κ1) is 19.4. The van der Waals surface area contributed by atoms with Gasteiger partial charge >= 0.3 is 7.82 Å². The van der Waals surface area contributed by atoms with Gasteiger partial charge in [0.25, 0.3) is 0 Å². The van der Waals surface area contributed by atoms with Crippen molar-refractivity contribution in [3.8, 4) is 0 Å². The van der Waals surface area contributed by atoms with Gasteiger partial charge in [-0.1, -0.05) is 41.5 Å². The van der Waals surface area contributed by atoms with Crippen molar-refractivity contribution >= 4 is 7.82 Å². The number of hydrogen-bond donors (Lipinski definition) is 1. The van der Waals surface area contributed by atoms with Crippen LogP contribution in [0.1, 0.15) is 67.2 Å². The van der Waals surface area contributed by atoms with Crippen LogP contribution in [0.5, 0.6) is 0 Å². The van der Waals surface area contributed by atoms with Crippen molar-refractivity contribution in [3.05, 3.63) is 0 Å². The quantitative estimate of drug-likeness (QED) is 0.705. The highest BCUT2D eigenvalue weighted by Crippen LogP contribution is 2.52. The van der Waals surface area contributed by atoms with Gasteiger partial charge in [0.05, 0.1) is 12.2 Å². The van der Waals surface area contributed by atoms with Crippen LogP contribution in [0.2, 0.25) is 0 Å². The Kier molecular flexibility index (Phi) is 6.39. The summed E-state index contributed by atoms with van der Waals surface area (Å²) in [6.07, 6.45) is 3.04. The van der Waals surface area contributed by atoms with Crippen LogP contribution in [-0.4, -0.2) is 17.1 Å². The molecule has 4 atom stereocenters. The lowest BCUT2D eigenvalue weighted by atomic mass is 9.73. The number of hydrogen-bond acceptors (Lipinski definition) is 3. The zero-order valence-corrected chi connectivity index (χ0v) is 16.5. The lowest BCUT2D eigenvalue weighted by Crippen LogP contribution is -2.34. The molecule has 0 aromatic carbocycles. The maximum atomic E-state index is 12.5. The summed E-state index contributed by atoms with van der Waals surface area (Å²) < 4.78 is 23.6. The topological polar surface area (TPSA) is 55.8 Å². The Hall–Kier alpha value is 0.110. The van der Waals surface area contributed by atoms with Crippen molar-refractivity contribution in [2.45, 2.75) is 79.4 Å². The van der Waals surface area contributed by atoms with E-state index in [0.29, 0.717) is 35.5 Å². The van der Waals surface area contributed by atoms with Crippen molar-refractivity contribution in [1.82, 2.24) is 0 Å². The van der Waals surface area contributed by atoms with Crippen molar-refractivity contribution in [3.63, 3.8) is 0 Å². The lowest BCUT2D eigenvalue weighted by Gasteiger charge is -2.39. The van der Waals surface area contributed by atoms with Crippen molar-refractivity contribution in [2.24, 2.45) is 35.5 Å². The van der Waals surface area contributed by atoms with Crippen LogP contribution in [-0.2, 0) is 13.6 Å². The third-order valence-corrected chi connectivity index (χ3v) is 7.82. The molecule has 5 heteroatoms. The minimum absolute atomic E-state index is 0.163. The summed E-state index contributed by atoms with van der Waals surface area (Å²) in [4.78, 5) is 10.2. The molecule has 0 aliphatic heterocycles. The Balaban J connectivity index is 1.91. The van der Waals surface area contributed by atoms with Gasteiger partial charge in [-0.3, -0.25) is 9.05 Å². The summed E-state index contributed by atoms with van der Waals surface area (Å²) in [6.45, 7) is 13.3. The van der Waals surface area contributed by atoms with Crippen molar-refractivity contribution in [2.75, 3.05) is 0 Å². The van der Waals surface area contributed by atoms with E-state index in [1.54, 1.807) is 0 Å². The first-order chi connectivity index (χ1) is 10.6. The lowest BCUT2D eigenvalue weighted by molar-refractivity contribution is -0.00180. The molecule has 23 heavy (non-hydrogen) atoms. The van der Waals surface area contributed by atoms with Gasteiger partial charge in [0, 0.05) is 0 Å². The number of phosphoric ester groups is 1. The van der Waals surface area contributed by atoms with Crippen LogP contribution in [0.25, 0.3) is 0 Å². The van der Waals surface area contributed by atoms with E-state index in [1.807, 2.05) is 0 Å². The third-order valence-electron chi connectivity index (χ3n) is 6.69. The van der Waals surface area contributed by atoms with Crippen LogP contribution in [0.15, 0.2) is 0 Å². The Bertz CT molecular complexity index is 381. The average Bonchev–Trinajstić information content (AvgIpc) is 2.41. The van der Waals surface area contributed by atoms with E-state index in [9.17, 15) is 9.46 Å². The SMILES string of the molecule is CC1CC(OP(=O)(O)OC2CC(C)C(C)C(C)C2)CC(C)C1C. The Morgan fingerprint density at radius 3 is 1.22 bits per heavy atom. The highest BCUT2D eigenvalue weighted by atomic mass is 31.2. The molecule has 0 amide bonds. The van der Waals surface area contributed by atoms with E-state index >= 15 is 0 Å². The smallest absolute Gasteiger partial charge is 0.302 e. The van der Waals surface area contributed by atoms with Crippen molar-refractivity contribution < 1.29 is 18.5 Å². The van der Waals surface area contributed by atoms with Crippen LogP contribution < -0.4 is 0 Å². The monoisotopic (exact) mass is 346 g/mol. The second-order valence-electron chi connectivity index (χ2n) is 8.49. The molecule has 2 aliphatic carbocycles. The standard InChI is InChI=1S/C18H35O4P/c1-11-7-17(8-12(2)15(11)5)21-23(19,20)22-18-9-13(3)16(6)14(4)10-18/h11-18H,7-10H2,1-6H3,(H,19,20). The van der Waals surface area contributed by atoms with Gasteiger partial charge in [-0.15, -0.1) is 0 Å². The van der Waals surface area contributed by atoms with E-state index in [1.165, 1.54) is 0 Å². The molecule has 0 spiro atoms. The largest absolute Gasteiger partial charge is 0.472 e. The maximum Gasteiger partial charge on any atom is 0.472 e. The fourth-order valence-electron chi connectivity index (χ4n) is 4.41. The molecule has 4 unspecified atom stereocenters. The van der Waals surface area contributed by atoms with Gasteiger partial charge < -0.3 is 4.89 Å². The summed E-state index contributed by atoms with van der Waals surface area (Å²) in [5.74, 6) is 3.32. The molecule has 0 heterocycles. The first-order valence-electron chi connectivity index (χ1n) is 9.28. The molecule has 0 aromatic heterocycles. The zero-order valence-electron chi connectivity index (χ0n) is 15.6. The molecule has 0 radical (unpaired) electrons. The predicted molar refractivity (Wildman–Crippen MR) is 93.0 cm³/mol. The van der Waals surface area contributed by atoms with Crippen LogP contribution in [0, 0.1) is 35.5 Å². The summed E-state index contributed by atoms with van der Waals surface area (Å²) in [5, 5.41) is 0. The summed E-state index contributed by atoms with van der Waals surface area (Å²) in [5.41, 5.74) is 0. The number of rotatable bonds is 4. The molecule has 136 valence electrons. The van der Waals surface area contributed by atoms with Crippen LogP contribution in [0.3, 0.4) is 0 Å². The summed E-state index contributed by atoms with van der Waals surface area (Å²) >= 11 is 0. The molecule has 0 aromatic rings. The van der Waals surface area contributed by atoms with Gasteiger partial charge in [0.15, 0.2) is 0 Å². The predicted octanol–water partition coefficient (Wildman–Crippen LogP) is 5.26. The Morgan fingerprint density at radius 2 is 0.957 bits per heavy atom. The second kappa shape index (κ2) is 7.56. The molecule has 1 N–H and O–H groups in total. The van der Waals surface area contributed by atoms with E-state index < -0.39 is 7.82 Å².